The number of carbonyl (C=O) groups excluding carboxylic acids is 1. The fourth-order valence-electron chi connectivity index (χ4n) is 3.88. The number of amides is 1. The minimum absolute atomic E-state index is 0.182. The topological polar surface area (TPSA) is 55.1 Å². The number of nitrogens with one attached hydrogen (secondary N) is 1. The maximum Gasteiger partial charge on any atom is 0.416 e. The number of hydrogen-bond acceptors (Lipinski definition) is 2. The van der Waals surface area contributed by atoms with Gasteiger partial charge in [0, 0.05) is 18.2 Å². The van der Waals surface area contributed by atoms with Crippen LogP contribution in [-0.2, 0) is 12.7 Å². The summed E-state index contributed by atoms with van der Waals surface area (Å²) in [7, 11) is 0. The Bertz CT molecular complexity index is 880. The van der Waals surface area contributed by atoms with Gasteiger partial charge < -0.3 is 11.1 Å². The van der Waals surface area contributed by atoms with Crippen LogP contribution in [0.15, 0.2) is 42.5 Å². The molecule has 2 aromatic rings. The number of hydrogen-bond donors (Lipinski definition) is 2. The van der Waals surface area contributed by atoms with E-state index < -0.39 is 17.6 Å². The highest BCUT2D eigenvalue weighted by Crippen LogP contribution is 2.37. The van der Waals surface area contributed by atoms with Gasteiger partial charge in [0.2, 0.25) is 5.91 Å². The minimum atomic E-state index is -4.46. The first-order valence-electron chi connectivity index (χ1n) is 9.89. The monoisotopic (exact) mass is 404 g/mol. The van der Waals surface area contributed by atoms with Crippen LogP contribution in [0.25, 0.3) is 11.1 Å². The van der Waals surface area contributed by atoms with Crippen molar-refractivity contribution in [2.45, 2.75) is 58.3 Å². The van der Waals surface area contributed by atoms with E-state index in [0.29, 0.717) is 16.5 Å². The van der Waals surface area contributed by atoms with Crippen LogP contribution in [0.5, 0.6) is 0 Å². The van der Waals surface area contributed by atoms with Crippen molar-refractivity contribution in [1.29, 1.82) is 0 Å². The third-order valence-corrected chi connectivity index (χ3v) is 5.82. The fourth-order valence-corrected chi connectivity index (χ4v) is 3.88. The van der Waals surface area contributed by atoms with E-state index in [0.717, 1.165) is 31.7 Å². The maximum absolute atomic E-state index is 13.7. The van der Waals surface area contributed by atoms with E-state index in [4.69, 9.17) is 5.73 Å². The van der Waals surface area contributed by atoms with E-state index in [1.165, 1.54) is 12.1 Å². The third kappa shape index (κ3) is 5.38. The number of halogens is 3. The van der Waals surface area contributed by atoms with E-state index in [-0.39, 0.29) is 23.7 Å². The van der Waals surface area contributed by atoms with Crippen LogP contribution in [0, 0.1) is 5.41 Å². The molecule has 2 aromatic carbocycles. The van der Waals surface area contributed by atoms with E-state index in [1.807, 2.05) is 0 Å². The van der Waals surface area contributed by atoms with Crippen molar-refractivity contribution >= 4 is 5.91 Å². The number of benzene rings is 2. The van der Waals surface area contributed by atoms with Crippen LogP contribution < -0.4 is 11.1 Å². The highest BCUT2D eigenvalue weighted by atomic mass is 19.4. The minimum Gasteiger partial charge on any atom is -0.366 e. The highest BCUT2D eigenvalue weighted by molar-refractivity contribution is 5.94. The predicted octanol–water partition coefficient (Wildman–Crippen LogP) is 5.53. The smallest absolute Gasteiger partial charge is 0.366 e. The lowest BCUT2D eigenvalue weighted by Crippen LogP contribution is -2.35. The van der Waals surface area contributed by atoms with Crippen molar-refractivity contribution in [1.82, 2.24) is 5.32 Å². The lowest BCUT2D eigenvalue weighted by molar-refractivity contribution is -0.138. The average molecular weight is 404 g/mol. The molecule has 6 heteroatoms. The molecule has 0 radical (unpaired) electrons. The molecule has 1 saturated carbocycles. The molecule has 3 N–H and O–H groups in total. The van der Waals surface area contributed by atoms with Crippen LogP contribution >= 0.6 is 0 Å². The van der Waals surface area contributed by atoms with Crippen molar-refractivity contribution < 1.29 is 18.0 Å². The highest BCUT2D eigenvalue weighted by Gasteiger charge is 2.34. The van der Waals surface area contributed by atoms with Gasteiger partial charge in [-0.2, -0.15) is 13.2 Å². The number of alkyl halides is 3. The molecule has 0 spiro atoms. The van der Waals surface area contributed by atoms with Crippen molar-refractivity contribution in [3.8, 4) is 11.1 Å². The molecule has 0 saturated heterocycles. The van der Waals surface area contributed by atoms with Gasteiger partial charge in [-0.3, -0.25) is 4.79 Å². The maximum atomic E-state index is 13.7. The first-order valence-corrected chi connectivity index (χ1v) is 9.89. The Labute approximate surface area is 169 Å². The first-order chi connectivity index (χ1) is 13.5. The molecule has 1 aliphatic rings. The summed E-state index contributed by atoms with van der Waals surface area (Å²) in [6.07, 6.45) is -0.348. The van der Waals surface area contributed by atoms with Crippen LogP contribution in [0.4, 0.5) is 13.2 Å². The SMILES string of the molecule is CC1(C)CCC(NCc2ccc(-c3cccc(C(N)=O)c3)cc2C(F)(F)F)CC1. The van der Waals surface area contributed by atoms with Crippen LogP contribution in [0.2, 0.25) is 0 Å². The van der Waals surface area contributed by atoms with Crippen LogP contribution in [-0.4, -0.2) is 11.9 Å². The molecule has 1 fully saturated rings. The summed E-state index contributed by atoms with van der Waals surface area (Å²) in [6.45, 7) is 4.65. The Morgan fingerprint density at radius 1 is 1.10 bits per heavy atom. The Hall–Kier alpha value is -2.34. The lowest BCUT2D eigenvalue weighted by atomic mass is 9.75. The summed E-state index contributed by atoms with van der Waals surface area (Å²) in [5.74, 6) is -0.612. The average Bonchev–Trinajstić information content (AvgIpc) is 2.66. The molecular formula is C23H27F3N2O. The summed E-state index contributed by atoms with van der Waals surface area (Å²) < 4.78 is 41.2. The molecule has 156 valence electrons. The summed E-state index contributed by atoms with van der Waals surface area (Å²) in [6, 6.07) is 10.9. The van der Waals surface area contributed by atoms with E-state index >= 15 is 0 Å². The summed E-state index contributed by atoms with van der Waals surface area (Å²) in [5, 5.41) is 3.31. The summed E-state index contributed by atoms with van der Waals surface area (Å²) >= 11 is 0. The fraction of sp³-hybridized carbons (Fsp3) is 0.435. The zero-order chi connectivity index (χ0) is 21.2. The molecule has 1 aliphatic carbocycles. The van der Waals surface area contributed by atoms with E-state index in [9.17, 15) is 18.0 Å². The standard InChI is InChI=1S/C23H27F3N2O/c1-22(2)10-8-19(9-11-22)28-14-18-7-6-16(13-20(18)23(24,25)26)15-4-3-5-17(12-15)21(27)29/h3-7,12-13,19,28H,8-11,14H2,1-2H3,(H2,27,29). The third-order valence-electron chi connectivity index (χ3n) is 5.82. The Balaban J connectivity index is 1.82. The number of carbonyl (C=O) groups is 1. The van der Waals surface area contributed by atoms with Crippen LogP contribution in [0.3, 0.4) is 0 Å². The van der Waals surface area contributed by atoms with Gasteiger partial charge in [-0.25, -0.2) is 0 Å². The molecule has 29 heavy (non-hydrogen) atoms. The zero-order valence-electron chi connectivity index (χ0n) is 16.8. The van der Waals surface area contributed by atoms with Crippen LogP contribution in [0.1, 0.15) is 61.0 Å². The second kappa shape index (κ2) is 8.19. The largest absolute Gasteiger partial charge is 0.416 e. The Morgan fingerprint density at radius 3 is 2.38 bits per heavy atom. The van der Waals surface area contributed by atoms with Crippen molar-refractivity contribution in [3.05, 3.63) is 59.2 Å². The van der Waals surface area contributed by atoms with Crippen molar-refractivity contribution in [2.75, 3.05) is 0 Å². The number of primary amides is 1. The molecule has 3 nitrogen and oxygen atoms in total. The van der Waals surface area contributed by atoms with Gasteiger partial charge in [0.15, 0.2) is 0 Å². The predicted molar refractivity (Wildman–Crippen MR) is 108 cm³/mol. The molecule has 3 rings (SSSR count). The van der Waals surface area contributed by atoms with Gasteiger partial charge in [-0.15, -0.1) is 0 Å². The molecule has 0 atom stereocenters. The summed E-state index contributed by atoms with van der Waals surface area (Å²) in [5.41, 5.74) is 6.38. The van der Waals surface area contributed by atoms with E-state index in [1.54, 1.807) is 24.3 Å². The van der Waals surface area contributed by atoms with Gasteiger partial charge >= 0.3 is 6.18 Å². The number of nitrogens with two attached hydrogens (primary N) is 1. The summed E-state index contributed by atoms with van der Waals surface area (Å²) in [4.78, 5) is 11.4. The van der Waals surface area contributed by atoms with Crippen molar-refractivity contribution in [2.24, 2.45) is 11.1 Å². The normalized spacial score (nSPS) is 17.3. The van der Waals surface area contributed by atoms with Crippen molar-refractivity contribution in [3.63, 3.8) is 0 Å². The molecule has 0 bridgehead atoms. The number of rotatable bonds is 5. The molecule has 0 aliphatic heterocycles. The second-order valence-corrected chi connectivity index (χ2v) is 8.63. The Kier molecular flexibility index (Phi) is 6.03. The Morgan fingerprint density at radius 2 is 1.76 bits per heavy atom. The zero-order valence-corrected chi connectivity index (χ0v) is 16.8. The molecule has 0 heterocycles. The lowest BCUT2D eigenvalue weighted by Gasteiger charge is -2.34. The van der Waals surface area contributed by atoms with Gasteiger partial charge in [0.1, 0.15) is 0 Å². The molecule has 1 amide bonds. The molecule has 0 unspecified atom stereocenters. The van der Waals surface area contributed by atoms with E-state index in [2.05, 4.69) is 19.2 Å². The first kappa shape index (κ1) is 21.4. The molecule has 0 aromatic heterocycles. The van der Waals surface area contributed by atoms with Gasteiger partial charge in [-0.05, 0) is 66.0 Å². The quantitative estimate of drug-likeness (QED) is 0.688. The second-order valence-electron chi connectivity index (χ2n) is 8.63. The van der Waals surface area contributed by atoms with Gasteiger partial charge in [-0.1, -0.05) is 38.1 Å². The molecular weight excluding hydrogens is 377 g/mol. The van der Waals surface area contributed by atoms with Gasteiger partial charge in [0.25, 0.3) is 0 Å². The van der Waals surface area contributed by atoms with Gasteiger partial charge in [0.05, 0.1) is 5.56 Å².